The van der Waals surface area contributed by atoms with E-state index in [2.05, 4.69) is 8.75 Å². The van der Waals surface area contributed by atoms with Crippen molar-refractivity contribution >= 4 is 63.5 Å². The molecule has 3 aromatic rings. The number of hydrogen-bond acceptors (Lipinski definition) is 8. The first-order valence-corrected chi connectivity index (χ1v) is 8.89. The van der Waals surface area contributed by atoms with E-state index >= 15 is 0 Å². The van der Waals surface area contributed by atoms with Crippen LogP contribution in [0.2, 0.25) is 10.3 Å². The zero-order chi connectivity index (χ0) is 18.1. The lowest BCUT2D eigenvalue weighted by Crippen LogP contribution is -2.13. The van der Waals surface area contributed by atoms with Crippen molar-refractivity contribution in [3.05, 3.63) is 61.0 Å². The van der Waals surface area contributed by atoms with Crippen LogP contribution in [0.4, 0.5) is 5.69 Å². The molecule has 0 bridgehead atoms. The average Bonchev–Trinajstić information content (AvgIpc) is 3.21. The maximum absolute atomic E-state index is 12.9. The Morgan fingerprint density at radius 1 is 1.04 bits per heavy atom. The molecule has 2 aromatic heterocycles. The fourth-order valence-corrected chi connectivity index (χ4v) is 3.88. The van der Waals surface area contributed by atoms with Gasteiger partial charge in [0.1, 0.15) is 16.4 Å². The number of halogens is 2. The van der Waals surface area contributed by atoms with Crippen molar-refractivity contribution in [1.29, 1.82) is 5.26 Å². The van der Waals surface area contributed by atoms with Crippen LogP contribution in [-0.4, -0.2) is 20.3 Å². The smallest absolute Gasteiger partial charge is 0.206 e. The third-order valence-electron chi connectivity index (χ3n) is 3.23. The van der Waals surface area contributed by atoms with Gasteiger partial charge in [0.25, 0.3) is 0 Å². The number of nitrogen functional groups attached to an aromatic ring is 1. The second kappa shape index (κ2) is 6.90. The van der Waals surface area contributed by atoms with Gasteiger partial charge in [-0.2, -0.15) is 14.0 Å². The molecule has 1 aromatic carbocycles. The summed E-state index contributed by atoms with van der Waals surface area (Å²) in [5.41, 5.74) is 5.79. The number of rotatable bonds is 4. The summed E-state index contributed by atoms with van der Waals surface area (Å²) in [6.45, 7) is 0. The van der Waals surface area contributed by atoms with Crippen LogP contribution in [0.25, 0.3) is 0 Å². The molecular formula is C15H6Cl2N4O2S2. The summed E-state index contributed by atoms with van der Waals surface area (Å²) in [4.78, 5) is 26.1. The topological polar surface area (TPSA) is 110 Å². The maximum Gasteiger partial charge on any atom is 0.206 e. The number of hydrogen-bond donors (Lipinski definition) is 1. The third kappa shape index (κ3) is 3.27. The minimum atomic E-state index is -0.549. The molecule has 0 saturated carbocycles. The van der Waals surface area contributed by atoms with Crippen LogP contribution < -0.4 is 5.73 Å². The number of nitriles is 1. The SMILES string of the molecule is N#Cc1c(N)ccc(C(=O)c2cc(Cl)ns2)c1C(=O)c1cc(Cl)ns1. The Bertz CT molecular complexity index is 1050. The Morgan fingerprint density at radius 3 is 2.08 bits per heavy atom. The summed E-state index contributed by atoms with van der Waals surface area (Å²) >= 11 is 13.3. The molecule has 0 unspecified atom stereocenters. The first-order chi connectivity index (χ1) is 11.9. The second-order valence-corrected chi connectivity index (χ2v) is 7.13. The van der Waals surface area contributed by atoms with Gasteiger partial charge in [0.15, 0.2) is 0 Å². The molecule has 3 rings (SSSR count). The molecule has 0 atom stereocenters. The Kier molecular flexibility index (Phi) is 4.83. The van der Waals surface area contributed by atoms with E-state index < -0.39 is 11.6 Å². The number of benzene rings is 1. The minimum absolute atomic E-state index is 0.0422. The van der Waals surface area contributed by atoms with Gasteiger partial charge >= 0.3 is 0 Å². The van der Waals surface area contributed by atoms with E-state index in [9.17, 15) is 14.9 Å². The number of aromatic nitrogens is 2. The monoisotopic (exact) mass is 408 g/mol. The summed E-state index contributed by atoms with van der Waals surface area (Å²) in [5.74, 6) is -1.02. The Balaban J connectivity index is 2.21. The summed E-state index contributed by atoms with van der Waals surface area (Å²) in [6, 6.07) is 7.47. The summed E-state index contributed by atoms with van der Waals surface area (Å²) in [7, 11) is 0. The zero-order valence-corrected chi connectivity index (χ0v) is 15.3. The van der Waals surface area contributed by atoms with E-state index in [0.29, 0.717) is 0 Å². The zero-order valence-electron chi connectivity index (χ0n) is 12.1. The fraction of sp³-hybridized carbons (Fsp3) is 0. The predicted molar refractivity (Wildman–Crippen MR) is 96.7 cm³/mol. The number of anilines is 1. The number of nitrogens with two attached hydrogens (primary N) is 1. The molecule has 2 heterocycles. The van der Waals surface area contributed by atoms with Gasteiger partial charge in [-0.05, 0) is 47.3 Å². The van der Waals surface area contributed by atoms with Gasteiger partial charge in [-0.15, -0.1) is 0 Å². The van der Waals surface area contributed by atoms with E-state index in [1.807, 2.05) is 6.07 Å². The maximum atomic E-state index is 12.9. The fourth-order valence-electron chi connectivity index (χ4n) is 2.14. The number of carbonyl (C=O) groups is 2. The van der Waals surface area contributed by atoms with Crippen LogP contribution in [0.3, 0.4) is 0 Å². The van der Waals surface area contributed by atoms with Crippen molar-refractivity contribution < 1.29 is 9.59 Å². The molecule has 0 aliphatic carbocycles. The van der Waals surface area contributed by atoms with Crippen LogP contribution in [0.15, 0.2) is 24.3 Å². The molecule has 6 nitrogen and oxygen atoms in total. The lowest BCUT2D eigenvalue weighted by Gasteiger charge is -2.10. The molecule has 25 heavy (non-hydrogen) atoms. The third-order valence-corrected chi connectivity index (χ3v) is 5.39. The Morgan fingerprint density at radius 2 is 1.60 bits per heavy atom. The van der Waals surface area contributed by atoms with Gasteiger partial charge in [0.05, 0.1) is 26.6 Å². The predicted octanol–water partition coefficient (Wildman–Crippen LogP) is 3.82. The second-order valence-electron chi connectivity index (χ2n) is 4.75. The standard InChI is InChI=1S/C15H6Cl2N4O2S2/c16-11-3-9(24-20-11)14(22)6-1-2-8(19)7(5-18)13(6)15(23)10-4-12(17)21-25-10/h1-4H,19H2. The first-order valence-electron chi connectivity index (χ1n) is 6.58. The van der Waals surface area contributed by atoms with E-state index in [0.717, 1.165) is 23.1 Å². The molecular weight excluding hydrogens is 403 g/mol. The van der Waals surface area contributed by atoms with Gasteiger partial charge in [-0.25, -0.2) is 0 Å². The summed E-state index contributed by atoms with van der Waals surface area (Å²) in [6.07, 6.45) is 0. The minimum Gasteiger partial charge on any atom is -0.398 e. The number of nitrogens with zero attached hydrogens (tertiary/aromatic N) is 3. The quantitative estimate of drug-likeness (QED) is 0.518. The van der Waals surface area contributed by atoms with Gasteiger partial charge < -0.3 is 5.73 Å². The highest BCUT2D eigenvalue weighted by molar-refractivity contribution is 7.09. The van der Waals surface area contributed by atoms with Crippen LogP contribution in [-0.2, 0) is 0 Å². The number of carbonyl (C=O) groups excluding carboxylic acids is 2. The molecule has 0 aliphatic heterocycles. The van der Waals surface area contributed by atoms with Crippen LogP contribution in [0, 0.1) is 11.3 Å². The highest BCUT2D eigenvalue weighted by Gasteiger charge is 2.27. The van der Waals surface area contributed by atoms with Crippen molar-refractivity contribution in [3.63, 3.8) is 0 Å². The van der Waals surface area contributed by atoms with Crippen molar-refractivity contribution in [1.82, 2.24) is 8.75 Å². The molecule has 10 heteroatoms. The average molecular weight is 409 g/mol. The van der Waals surface area contributed by atoms with Crippen molar-refractivity contribution in [2.45, 2.75) is 0 Å². The van der Waals surface area contributed by atoms with Gasteiger partial charge in [0, 0.05) is 5.56 Å². The highest BCUT2D eigenvalue weighted by atomic mass is 35.5. The van der Waals surface area contributed by atoms with Crippen molar-refractivity contribution in [2.75, 3.05) is 5.73 Å². The van der Waals surface area contributed by atoms with Crippen LogP contribution >= 0.6 is 46.3 Å². The Labute approximate surface area is 159 Å². The lowest BCUT2D eigenvalue weighted by molar-refractivity contribution is 0.101. The molecule has 0 spiro atoms. The lowest BCUT2D eigenvalue weighted by atomic mass is 9.93. The van der Waals surface area contributed by atoms with E-state index in [4.69, 9.17) is 28.9 Å². The normalized spacial score (nSPS) is 10.4. The van der Waals surface area contributed by atoms with Gasteiger partial charge in [0.2, 0.25) is 11.6 Å². The van der Waals surface area contributed by atoms with Crippen molar-refractivity contribution in [2.24, 2.45) is 0 Å². The van der Waals surface area contributed by atoms with Crippen LogP contribution in [0.5, 0.6) is 0 Å². The molecule has 2 N–H and O–H groups in total. The van der Waals surface area contributed by atoms with Gasteiger partial charge in [-0.3, -0.25) is 9.59 Å². The molecule has 0 radical (unpaired) electrons. The van der Waals surface area contributed by atoms with E-state index in [1.54, 1.807) is 0 Å². The molecule has 0 amide bonds. The molecule has 0 fully saturated rings. The molecule has 124 valence electrons. The first kappa shape index (κ1) is 17.5. The van der Waals surface area contributed by atoms with E-state index in [-0.39, 0.29) is 42.4 Å². The summed E-state index contributed by atoms with van der Waals surface area (Å²) < 4.78 is 7.68. The molecule has 0 aliphatic rings. The highest BCUT2D eigenvalue weighted by Crippen LogP contribution is 2.29. The van der Waals surface area contributed by atoms with Crippen molar-refractivity contribution in [3.8, 4) is 6.07 Å². The molecule has 0 saturated heterocycles. The number of ketones is 2. The summed E-state index contributed by atoms with van der Waals surface area (Å²) in [5, 5.41) is 9.74. The van der Waals surface area contributed by atoms with Gasteiger partial charge in [-0.1, -0.05) is 23.2 Å². The van der Waals surface area contributed by atoms with Crippen LogP contribution in [0.1, 0.15) is 36.0 Å². The Hall–Kier alpha value is -2.31. The van der Waals surface area contributed by atoms with E-state index in [1.165, 1.54) is 24.3 Å². The largest absolute Gasteiger partial charge is 0.398 e.